The molecule has 1 aliphatic heterocycles. The van der Waals surface area contributed by atoms with Crippen LogP contribution in [0.15, 0.2) is 81.7 Å². The zero-order chi connectivity index (χ0) is 26.7. The van der Waals surface area contributed by atoms with Gasteiger partial charge in [0.25, 0.3) is 11.8 Å². The first-order valence-electron chi connectivity index (χ1n) is 10.7. The third-order valence-corrected chi connectivity index (χ3v) is 7.62. The zero-order valence-corrected chi connectivity index (χ0v) is 23.7. The maximum absolute atomic E-state index is 13.2. The quantitative estimate of drug-likeness (QED) is 0.162. The molecule has 1 heterocycles. The van der Waals surface area contributed by atoms with Crippen molar-refractivity contribution in [3.05, 3.63) is 85.9 Å². The lowest BCUT2D eigenvalue weighted by Gasteiger charge is -2.26. The molecule has 0 unspecified atom stereocenters. The summed E-state index contributed by atoms with van der Waals surface area (Å²) in [5.74, 6) is -1.59. The van der Waals surface area contributed by atoms with E-state index in [1.165, 1.54) is 30.3 Å². The number of anilines is 1. The van der Waals surface area contributed by atoms with Gasteiger partial charge in [0.1, 0.15) is 10.5 Å². The van der Waals surface area contributed by atoms with E-state index < -0.39 is 28.0 Å². The van der Waals surface area contributed by atoms with Gasteiger partial charge in [-0.25, -0.2) is 9.69 Å². The number of ether oxygens (including phenoxy) is 1. The molecule has 1 N–H and O–H groups in total. The Morgan fingerprint density at radius 3 is 2.35 bits per heavy atom. The number of rotatable bonds is 7. The van der Waals surface area contributed by atoms with Crippen LogP contribution in [0.5, 0.6) is 11.5 Å². The normalized spacial score (nSPS) is 15.1. The van der Waals surface area contributed by atoms with Gasteiger partial charge < -0.3 is 8.92 Å². The van der Waals surface area contributed by atoms with Crippen molar-refractivity contribution in [3.63, 3.8) is 0 Å². The fraction of sp³-hybridized carbons (Fsp3) is 0.0800. The van der Waals surface area contributed by atoms with Crippen LogP contribution in [0.4, 0.5) is 10.5 Å². The van der Waals surface area contributed by atoms with E-state index >= 15 is 0 Å². The summed E-state index contributed by atoms with van der Waals surface area (Å²) in [6, 6.07) is 16.2. The molecule has 190 valence electrons. The Balaban J connectivity index is 1.72. The average molecular weight is 697 g/mol. The standard InChI is InChI=1S/C25H18BrIN2O7S/c1-2-35-21-14-15(13-20(27)22(21)36-37(33,34)18-6-4-3-5-7-18)12-19-23(30)28-25(32)29(24(19)31)17-10-8-16(26)9-11-17/h3-14H,2H2,1H3,(H,28,30,32)/b19-12+. The van der Waals surface area contributed by atoms with Crippen LogP contribution in [0.3, 0.4) is 0 Å². The molecule has 1 fully saturated rings. The Kier molecular flexibility index (Phi) is 7.99. The highest BCUT2D eigenvalue weighted by atomic mass is 127. The molecule has 4 rings (SSSR count). The van der Waals surface area contributed by atoms with E-state index in [4.69, 9.17) is 8.92 Å². The van der Waals surface area contributed by atoms with Gasteiger partial charge in [0, 0.05) is 4.47 Å². The van der Waals surface area contributed by atoms with E-state index in [0.717, 1.165) is 9.37 Å². The van der Waals surface area contributed by atoms with E-state index in [1.54, 1.807) is 49.4 Å². The van der Waals surface area contributed by atoms with Gasteiger partial charge in [0.2, 0.25) is 0 Å². The van der Waals surface area contributed by atoms with Gasteiger partial charge in [-0.15, -0.1) is 0 Å². The number of imide groups is 2. The van der Waals surface area contributed by atoms with Gasteiger partial charge in [-0.2, -0.15) is 8.42 Å². The van der Waals surface area contributed by atoms with Gasteiger partial charge in [-0.05, 0) is 89.7 Å². The highest BCUT2D eigenvalue weighted by Gasteiger charge is 2.37. The van der Waals surface area contributed by atoms with Gasteiger partial charge in [-0.1, -0.05) is 34.1 Å². The summed E-state index contributed by atoms with van der Waals surface area (Å²) in [7, 11) is -4.15. The smallest absolute Gasteiger partial charge is 0.339 e. The number of nitrogens with one attached hydrogen (secondary N) is 1. The molecule has 0 aromatic heterocycles. The van der Waals surface area contributed by atoms with Crippen molar-refractivity contribution in [3.8, 4) is 11.5 Å². The minimum absolute atomic E-state index is 0.0263. The second-order valence-electron chi connectivity index (χ2n) is 7.55. The molecule has 4 amide bonds. The number of amides is 4. The number of halogens is 2. The van der Waals surface area contributed by atoms with E-state index in [1.807, 2.05) is 22.6 Å². The van der Waals surface area contributed by atoms with Gasteiger partial charge in [0.05, 0.1) is 15.9 Å². The molecule has 0 atom stereocenters. The summed E-state index contributed by atoms with van der Waals surface area (Å²) in [6.45, 7) is 1.91. The van der Waals surface area contributed by atoms with E-state index in [-0.39, 0.29) is 34.3 Å². The first-order chi connectivity index (χ1) is 17.6. The third-order valence-electron chi connectivity index (χ3n) is 5.05. The molecule has 1 aliphatic rings. The third kappa shape index (κ3) is 5.86. The Labute approximate surface area is 234 Å². The van der Waals surface area contributed by atoms with Crippen molar-refractivity contribution >= 4 is 78.2 Å². The molecule has 0 spiro atoms. The largest absolute Gasteiger partial charge is 0.490 e. The lowest BCUT2D eigenvalue weighted by Crippen LogP contribution is -2.54. The van der Waals surface area contributed by atoms with Crippen LogP contribution in [0.25, 0.3) is 6.08 Å². The summed E-state index contributed by atoms with van der Waals surface area (Å²) in [5, 5.41) is 2.17. The van der Waals surface area contributed by atoms with Crippen LogP contribution in [-0.4, -0.2) is 32.9 Å². The lowest BCUT2D eigenvalue weighted by molar-refractivity contribution is -0.122. The molecular weight excluding hydrogens is 679 g/mol. The lowest BCUT2D eigenvalue weighted by atomic mass is 10.1. The zero-order valence-electron chi connectivity index (χ0n) is 19.1. The summed E-state index contributed by atoms with van der Waals surface area (Å²) in [5.41, 5.74) is 0.357. The monoisotopic (exact) mass is 696 g/mol. The van der Waals surface area contributed by atoms with Crippen molar-refractivity contribution in [2.24, 2.45) is 0 Å². The maximum atomic E-state index is 13.2. The first-order valence-corrected chi connectivity index (χ1v) is 14.0. The molecule has 9 nitrogen and oxygen atoms in total. The highest BCUT2D eigenvalue weighted by molar-refractivity contribution is 14.1. The summed E-state index contributed by atoms with van der Waals surface area (Å²) < 4.78 is 37.7. The molecule has 1 saturated heterocycles. The molecule has 3 aromatic carbocycles. The maximum Gasteiger partial charge on any atom is 0.339 e. The van der Waals surface area contributed by atoms with Crippen LogP contribution in [0.1, 0.15) is 12.5 Å². The molecule has 0 bridgehead atoms. The molecule has 37 heavy (non-hydrogen) atoms. The number of benzene rings is 3. The van der Waals surface area contributed by atoms with Crippen molar-refractivity contribution in [1.29, 1.82) is 0 Å². The van der Waals surface area contributed by atoms with E-state index in [0.29, 0.717) is 9.13 Å². The number of nitrogens with zero attached hydrogens (tertiary/aromatic N) is 1. The van der Waals surface area contributed by atoms with Crippen LogP contribution in [-0.2, 0) is 19.7 Å². The number of carbonyl (C=O) groups is 3. The fourth-order valence-corrected chi connectivity index (χ4v) is 5.54. The Morgan fingerprint density at radius 2 is 1.70 bits per heavy atom. The molecular formula is C25H18BrIN2O7S. The summed E-state index contributed by atoms with van der Waals surface area (Å²) in [4.78, 5) is 39.0. The highest BCUT2D eigenvalue weighted by Crippen LogP contribution is 2.37. The number of carbonyl (C=O) groups excluding carboxylic acids is 3. The van der Waals surface area contributed by atoms with Crippen LogP contribution in [0, 0.1) is 3.57 Å². The second-order valence-corrected chi connectivity index (χ2v) is 11.2. The summed E-state index contributed by atoms with van der Waals surface area (Å²) in [6.07, 6.45) is 1.30. The predicted octanol–water partition coefficient (Wildman–Crippen LogP) is 4.89. The fourth-order valence-electron chi connectivity index (χ4n) is 3.41. The molecule has 0 radical (unpaired) electrons. The SMILES string of the molecule is CCOc1cc(/C=C2\C(=O)NC(=O)N(c3ccc(Br)cc3)C2=O)cc(I)c1OS(=O)(=O)c1ccccc1. The minimum Gasteiger partial charge on any atom is -0.490 e. The second kappa shape index (κ2) is 11.0. The van der Waals surface area contributed by atoms with Crippen molar-refractivity contribution in [2.45, 2.75) is 11.8 Å². The number of barbiturate groups is 1. The van der Waals surface area contributed by atoms with Gasteiger partial charge in [0.15, 0.2) is 11.5 Å². The van der Waals surface area contributed by atoms with Gasteiger partial charge in [-0.3, -0.25) is 14.9 Å². The topological polar surface area (TPSA) is 119 Å². The average Bonchev–Trinajstić information content (AvgIpc) is 2.85. The number of hydrogen-bond acceptors (Lipinski definition) is 7. The van der Waals surface area contributed by atoms with Crippen LogP contribution in [0.2, 0.25) is 0 Å². The van der Waals surface area contributed by atoms with Crippen molar-refractivity contribution in [2.75, 3.05) is 11.5 Å². The number of urea groups is 1. The minimum atomic E-state index is -4.15. The van der Waals surface area contributed by atoms with E-state index in [9.17, 15) is 22.8 Å². The molecule has 3 aromatic rings. The predicted molar refractivity (Wildman–Crippen MR) is 148 cm³/mol. The Bertz CT molecular complexity index is 1520. The van der Waals surface area contributed by atoms with Crippen LogP contribution >= 0.6 is 38.5 Å². The van der Waals surface area contributed by atoms with Gasteiger partial charge >= 0.3 is 16.1 Å². The van der Waals surface area contributed by atoms with Crippen LogP contribution < -0.4 is 19.1 Å². The summed E-state index contributed by atoms with van der Waals surface area (Å²) >= 11 is 5.18. The van der Waals surface area contributed by atoms with Crippen molar-refractivity contribution < 1.29 is 31.7 Å². The first kappa shape index (κ1) is 26.8. The van der Waals surface area contributed by atoms with Crippen molar-refractivity contribution in [1.82, 2.24) is 5.32 Å². The molecule has 0 aliphatic carbocycles. The van der Waals surface area contributed by atoms with E-state index in [2.05, 4.69) is 21.2 Å². The molecule has 12 heteroatoms. The molecule has 0 saturated carbocycles. The Hall–Kier alpha value is -3.23. The number of hydrogen-bond donors (Lipinski definition) is 1. The Morgan fingerprint density at radius 1 is 1.03 bits per heavy atom.